The summed E-state index contributed by atoms with van der Waals surface area (Å²) < 4.78 is 0. The highest BCUT2D eigenvalue weighted by Crippen LogP contribution is 2.06. The average Bonchev–Trinajstić information content (AvgIpc) is 2.04. The van der Waals surface area contributed by atoms with E-state index in [1.807, 2.05) is 19.2 Å². The Kier molecular flexibility index (Phi) is 3.68. The van der Waals surface area contributed by atoms with Gasteiger partial charge in [-0.05, 0) is 25.3 Å². The van der Waals surface area contributed by atoms with E-state index < -0.39 is 0 Å². The van der Waals surface area contributed by atoms with Crippen molar-refractivity contribution in [2.45, 2.75) is 27.2 Å². The predicted molar refractivity (Wildman–Crippen MR) is 54.7 cm³/mol. The lowest BCUT2D eigenvalue weighted by molar-refractivity contribution is 0.634. The fourth-order valence-electron chi connectivity index (χ4n) is 1.17. The molecule has 0 aliphatic carbocycles. The van der Waals surface area contributed by atoms with E-state index in [-0.39, 0.29) is 0 Å². The van der Waals surface area contributed by atoms with Crippen LogP contribution in [0.4, 0.5) is 5.95 Å². The summed E-state index contributed by atoms with van der Waals surface area (Å²) in [7, 11) is 0. The van der Waals surface area contributed by atoms with Gasteiger partial charge in [0.05, 0.1) is 0 Å². The molecule has 0 aliphatic rings. The Morgan fingerprint density at radius 2 is 2.23 bits per heavy atom. The first-order valence-electron chi connectivity index (χ1n) is 4.78. The number of rotatable bonds is 4. The summed E-state index contributed by atoms with van der Waals surface area (Å²) in [6.07, 6.45) is 2.82. The fraction of sp³-hybridized carbons (Fsp3) is 0.600. The van der Waals surface area contributed by atoms with Crippen LogP contribution < -0.4 is 5.32 Å². The normalized spacial score (nSPS) is 10.5. The maximum absolute atomic E-state index is 4.38. The van der Waals surface area contributed by atoms with Gasteiger partial charge in [0.1, 0.15) is 0 Å². The SMILES string of the molecule is CCNc1nccc(CC(C)C)n1. The second-order valence-electron chi connectivity index (χ2n) is 3.50. The highest BCUT2D eigenvalue weighted by molar-refractivity contribution is 5.24. The lowest BCUT2D eigenvalue weighted by Gasteiger charge is -2.05. The van der Waals surface area contributed by atoms with Crippen LogP contribution in [0.2, 0.25) is 0 Å². The molecule has 3 heteroatoms. The summed E-state index contributed by atoms with van der Waals surface area (Å²) >= 11 is 0. The van der Waals surface area contributed by atoms with Gasteiger partial charge in [-0.3, -0.25) is 0 Å². The van der Waals surface area contributed by atoms with Crippen molar-refractivity contribution in [3.8, 4) is 0 Å². The van der Waals surface area contributed by atoms with Gasteiger partial charge in [-0.2, -0.15) is 0 Å². The Morgan fingerprint density at radius 1 is 1.46 bits per heavy atom. The third-order valence-corrected chi connectivity index (χ3v) is 1.67. The van der Waals surface area contributed by atoms with E-state index in [9.17, 15) is 0 Å². The van der Waals surface area contributed by atoms with E-state index in [1.54, 1.807) is 0 Å². The van der Waals surface area contributed by atoms with Crippen molar-refractivity contribution in [2.75, 3.05) is 11.9 Å². The van der Waals surface area contributed by atoms with Crippen LogP contribution in [0.1, 0.15) is 26.5 Å². The van der Waals surface area contributed by atoms with Gasteiger partial charge in [0.25, 0.3) is 0 Å². The maximum Gasteiger partial charge on any atom is 0.222 e. The van der Waals surface area contributed by atoms with Gasteiger partial charge in [0.15, 0.2) is 0 Å². The highest BCUT2D eigenvalue weighted by Gasteiger charge is 2.00. The van der Waals surface area contributed by atoms with Crippen molar-refractivity contribution in [2.24, 2.45) is 5.92 Å². The summed E-state index contributed by atoms with van der Waals surface area (Å²) in [6, 6.07) is 1.97. The molecule has 13 heavy (non-hydrogen) atoms. The molecule has 0 aromatic carbocycles. The smallest absolute Gasteiger partial charge is 0.222 e. The number of nitrogens with one attached hydrogen (secondary N) is 1. The number of anilines is 1. The van der Waals surface area contributed by atoms with E-state index in [0.29, 0.717) is 5.92 Å². The molecule has 1 N–H and O–H groups in total. The molecule has 1 aromatic heterocycles. The first-order chi connectivity index (χ1) is 6.22. The second kappa shape index (κ2) is 4.80. The van der Waals surface area contributed by atoms with Gasteiger partial charge in [-0.1, -0.05) is 13.8 Å². The molecule has 1 aromatic rings. The molecule has 0 radical (unpaired) electrons. The van der Waals surface area contributed by atoms with Crippen LogP contribution in [0, 0.1) is 5.92 Å². The van der Waals surface area contributed by atoms with Crippen LogP contribution >= 0.6 is 0 Å². The summed E-state index contributed by atoms with van der Waals surface area (Å²) in [5.74, 6) is 1.38. The molecule has 0 spiro atoms. The third-order valence-electron chi connectivity index (χ3n) is 1.67. The Hall–Kier alpha value is -1.12. The Morgan fingerprint density at radius 3 is 2.85 bits per heavy atom. The number of hydrogen-bond acceptors (Lipinski definition) is 3. The molecular weight excluding hydrogens is 162 g/mol. The van der Waals surface area contributed by atoms with Gasteiger partial charge in [-0.15, -0.1) is 0 Å². The van der Waals surface area contributed by atoms with E-state index in [4.69, 9.17) is 0 Å². The molecule has 0 atom stereocenters. The standard InChI is InChI=1S/C10H17N3/c1-4-11-10-12-6-5-9(13-10)7-8(2)3/h5-6,8H,4,7H2,1-3H3,(H,11,12,13). The zero-order valence-electron chi connectivity index (χ0n) is 8.54. The Labute approximate surface area is 79.6 Å². The van der Waals surface area contributed by atoms with Crippen molar-refractivity contribution in [3.63, 3.8) is 0 Å². The maximum atomic E-state index is 4.38. The topological polar surface area (TPSA) is 37.8 Å². The fourth-order valence-corrected chi connectivity index (χ4v) is 1.17. The molecule has 1 heterocycles. The molecule has 0 amide bonds. The molecule has 72 valence electrons. The number of hydrogen-bond donors (Lipinski definition) is 1. The first kappa shape index (κ1) is 9.96. The minimum atomic E-state index is 0.643. The van der Waals surface area contributed by atoms with Gasteiger partial charge < -0.3 is 5.32 Å². The Balaban J connectivity index is 2.67. The van der Waals surface area contributed by atoms with Crippen LogP contribution in [-0.4, -0.2) is 16.5 Å². The lowest BCUT2D eigenvalue weighted by Crippen LogP contribution is -2.05. The predicted octanol–water partition coefficient (Wildman–Crippen LogP) is 2.11. The van der Waals surface area contributed by atoms with E-state index in [1.165, 1.54) is 0 Å². The van der Waals surface area contributed by atoms with Crippen LogP contribution in [0.15, 0.2) is 12.3 Å². The van der Waals surface area contributed by atoms with Crippen LogP contribution in [0.3, 0.4) is 0 Å². The summed E-state index contributed by atoms with van der Waals surface area (Å²) in [5.41, 5.74) is 1.11. The largest absolute Gasteiger partial charge is 0.354 e. The monoisotopic (exact) mass is 179 g/mol. The minimum Gasteiger partial charge on any atom is -0.354 e. The van der Waals surface area contributed by atoms with Crippen molar-refractivity contribution in [3.05, 3.63) is 18.0 Å². The lowest BCUT2D eigenvalue weighted by atomic mass is 10.1. The molecule has 1 rings (SSSR count). The van der Waals surface area contributed by atoms with Gasteiger partial charge in [-0.25, -0.2) is 9.97 Å². The number of nitrogens with zero attached hydrogens (tertiary/aromatic N) is 2. The molecule has 0 saturated carbocycles. The molecule has 0 bridgehead atoms. The second-order valence-corrected chi connectivity index (χ2v) is 3.50. The average molecular weight is 179 g/mol. The first-order valence-corrected chi connectivity index (χ1v) is 4.78. The highest BCUT2D eigenvalue weighted by atomic mass is 15.1. The van der Waals surface area contributed by atoms with Crippen molar-refractivity contribution < 1.29 is 0 Å². The van der Waals surface area contributed by atoms with E-state index in [0.717, 1.165) is 24.6 Å². The van der Waals surface area contributed by atoms with E-state index >= 15 is 0 Å². The molecule has 0 unspecified atom stereocenters. The zero-order chi connectivity index (χ0) is 9.68. The van der Waals surface area contributed by atoms with E-state index in [2.05, 4.69) is 29.1 Å². The number of aromatic nitrogens is 2. The molecular formula is C10H17N3. The summed E-state index contributed by atoms with van der Waals surface area (Å²) in [6.45, 7) is 7.29. The quantitative estimate of drug-likeness (QED) is 0.769. The van der Waals surface area contributed by atoms with Gasteiger partial charge in [0, 0.05) is 18.4 Å². The van der Waals surface area contributed by atoms with Crippen molar-refractivity contribution in [1.29, 1.82) is 0 Å². The summed E-state index contributed by atoms with van der Waals surface area (Å²) in [4.78, 5) is 8.49. The van der Waals surface area contributed by atoms with Crippen LogP contribution in [0.5, 0.6) is 0 Å². The molecule has 0 aliphatic heterocycles. The van der Waals surface area contributed by atoms with Gasteiger partial charge >= 0.3 is 0 Å². The van der Waals surface area contributed by atoms with Gasteiger partial charge in [0.2, 0.25) is 5.95 Å². The zero-order valence-corrected chi connectivity index (χ0v) is 8.54. The van der Waals surface area contributed by atoms with Crippen molar-refractivity contribution in [1.82, 2.24) is 9.97 Å². The molecule has 0 saturated heterocycles. The van der Waals surface area contributed by atoms with Crippen molar-refractivity contribution >= 4 is 5.95 Å². The van der Waals surface area contributed by atoms with Crippen LogP contribution in [0.25, 0.3) is 0 Å². The molecule has 0 fully saturated rings. The Bertz CT molecular complexity index is 258. The third kappa shape index (κ3) is 3.40. The molecule has 3 nitrogen and oxygen atoms in total. The summed E-state index contributed by atoms with van der Waals surface area (Å²) in [5, 5.41) is 3.10. The minimum absolute atomic E-state index is 0.643. The van der Waals surface area contributed by atoms with Crippen LogP contribution in [-0.2, 0) is 6.42 Å².